The number of anilines is 1. The van der Waals surface area contributed by atoms with E-state index in [1.807, 2.05) is 6.92 Å². The monoisotopic (exact) mass is 379 g/mol. The van der Waals surface area contributed by atoms with Gasteiger partial charge in [-0.2, -0.15) is 0 Å². The van der Waals surface area contributed by atoms with Gasteiger partial charge in [-0.15, -0.1) is 0 Å². The Labute approximate surface area is 124 Å². The molecule has 0 radical (unpaired) electrons. The maximum atomic E-state index is 13.6. The Morgan fingerprint density at radius 3 is 2.74 bits per heavy atom. The molecular formula is C12H15FIN3O2. The zero-order chi connectivity index (χ0) is 14.2. The van der Waals surface area contributed by atoms with Crippen molar-refractivity contribution < 1.29 is 9.31 Å². The molecule has 0 aromatic heterocycles. The quantitative estimate of drug-likeness (QED) is 0.468. The van der Waals surface area contributed by atoms with Gasteiger partial charge in [0, 0.05) is 24.2 Å². The summed E-state index contributed by atoms with van der Waals surface area (Å²) in [6, 6.07) is 2.41. The highest BCUT2D eigenvalue weighted by atomic mass is 127. The maximum Gasteiger partial charge on any atom is 0.293 e. The molecule has 1 fully saturated rings. The smallest absolute Gasteiger partial charge is 0.293 e. The van der Waals surface area contributed by atoms with E-state index in [4.69, 9.17) is 5.73 Å². The first-order chi connectivity index (χ1) is 8.87. The molecule has 1 atom stereocenters. The molecule has 1 aliphatic rings. The van der Waals surface area contributed by atoms with Crippen molar-refractivity contribution in [3.8, 4) is 0 Å². The molecule has 7 heteroatoms. The van der Waals surface area contributed by atoms with Crippen LogP contribution in [-0.4, -0.2) is 17.0 Å². The average Bonchev–Trinajstić information content (AvgIpc) is 3.17. The zero-order valence-corrected chi connectivity index (χ0v) is 12.6. The summed E-state index contributed by atoms with van der Waals surface area (Å²) in [6.45, 7) is 2.27. The lowest BCUT2D eigenvalue weighted by Gasteiger charge is -2.30. The van der Waals surface area contributed by atoms with Gasteiger partial charge in [0.05, 0.1) is 8.49 Å². The highest BCUT2D eigenvalue weighted by molar-refractivity contribution is 14.1. The van der Waals surface area contributed by atoms with Gasteiger partial charge in [-0.3, -0.25) is 10.1 Å². The molecule has 0 aliphatic heterocycles. The molecule has 0 amide bonds. The van der Waals surface area contributed by atoms with Crippen LogP contribution in [0.2, 0.25) is 0 Å². The summed E-state index contributed by atoms with van der Waals surface area (Å²) in [7, 11) is 0. The minimum Gasteiger partial charge on any atom is -0.373 e. The van der Waals surface area contributed by atoms with Crippen molar-refractivity contribution >= 4 is 34.0 Å². The molecule has 0 bridgehead atoms. The molecule has 0 saturated heterocycles. The van der Waals surface area contributed by atoms with Gasteiger partial charge in [-0.05, 0) is 48.3 Å². The van der Waals surface area contributed by atoms with Crippen LogP contribution in [0.25, 0.3) is 0 Å². The summed E-state index contributed by atoms with van der Waals surface area (Å²) in [4.78, 5) is 10.5. The Morgan fingerprint density at radius 1 is 1.63 bits per heavy atom. The number of benzene rings is 1. The second-order valence-corrected chi connectivity index (χ2v) is 6.22. The summed E-state index contributed by atoms with van der Waals surface area (Å²) in [5.74, 6) is -0.0803. The summed E-state index contributed by atoms with van der Waals surface area (Å²) in [5.41, 5.74) is 5.41. The van der Waals surface area contributed by atoms with Crippen LogP contribution >= 0.6 is 22.6 Å². The fourth-order valence-corrected chi connectivity index (χ4v) is 2.59. The third kappa shape index (κ3) is 2.97. The van der Waals surface area contributed by atoms with E-state index >= 15 is 0 Å². The number of halogens is 2. The predicted octanol–water partition coefficient (Wildman–Crippen LogP) is 2.88. The van der Waals surface area contributed by atoms with Crippen LogP contribution in [0, 0.1) is 25.4 Å². The van der Waals surface area contributed by atoms with Crippen molar-refractivity contribution in [2.45, 2.75) is 25.3 Å². The summed E-state index contributed by atoms with van der Waals surface area (Å²) in [5, 5.41) is 14.1. The number of hydrogen-bond donors (Lipinski definition) is 2. The van der Waals surface area contributed by atoms with E-state index in [0.717, 1.165) is 12.8 Å². The molecule has 1 aliphatic carbocycles. The number of nitrogens with two attached hydrogens (primary N) is 1. The van der Waals surface area contributed by atoms with E-state index in [1.165, 1.54) is 12.1 Å². The SMILES string of the molecule is CC(CN)(Nc1cc(F)c(I)cc1[N+](=O)[O-])C1CC1. The van der Waals surface area contributed by atoms with Crippen LogP contribution in [0.3, 0.4) is 0 Å². The fourth-order valence-electron chi connectivity index (χ4n) is 2.14. The molecule has 5 nitrogen and oxygen atoms in total. The first kappa shape index (κ1) is 14.4. The molecule has 19 heavy (non-hydrogen) atoms. The van der Waals surface area contributed by atoms with Gasteiger partial charge in [-0.1, -0.05) is 0 Å². The average molecular weight is 379 g/mol. The summed E-state index contributed by atoms with van der Waals surface area (Å²) in [6.07, 6.45) is 2.09. The van der Waals surface area contributed by atoms with Crippen LogP contribution in [-0.2, 0) is 0 Å². The fraction of sp³-hybridized carbons (Fsp3) is 0.500. The van der Waals surface area contributed by atoms with Crippen molar-refractivity contribution in [1.29, 1.82) is 0 Å². The Bertz CT molecular complexity index is 522. The number of nitro groups is 1. The van der Waals surface area contributed by atoms with Gasteiger partial charge in [0.1, 0.15) is 11.5 Å². The Kier molecular flexibility index (Phi) is 3.95. The second kappa shape index (κ2) is 5.20. The lowest BCUT2D eigenvalue weighted by atomic mass is 9.95. The molecule has 1 saturated carbocycles. The molecule has 1 aromatic rings. The van der Waals surface area contributed by atoms with Gasteiger partial charge in [0.25, 0.3) is 5.69 Å². The van der Waals surface area contributed by atoms with Crippen molar-refractivity contribution in [3.63, 3.8) is 0 Å². The van der Waals surface area contributed by atoms with Crippen molar-refractivity contribution in [2.75, 3.05) is 11.9 Å². The molecular weight excluding hydrogens is 364 g/mol. The van der Waals surface area contributed by atoms with E-state index in [0.29, 0.717) is 12.5 Å². The molecule has 0 spiro atoms. The largest absolute Gasteiger partial charge is 0.373 e. The second-order valence-electron chi connectivity index (χ2n) is 5.06. The summed E-state index contributed by atoms with van der Waals surface area (Å²) >= 11 is 1.74. The number of nitrogens with one attached hydrogen (secondary N) is 1. The third-order valence-electron chi connectivity index (χ3n) is 3.56. The Morgan fingerprint density at radius 2 is 2.26 bits per heavy atom. The zero-order valence-electron chi connectivity index (χ0n) is 10.5. The molecule has 0 heterocycles. The van der Waals surface area contributed by atoms with Crippen molar-refractivity contribution in [3.05, 3.63) is 31.6 Å². The van der Waals surface area contributed by atoms with E-state index in [2.05, 4.69) is 5.32 Å². The topological polar surface area (TPSA) is 81.2 Å². The number of rotatable bonds is 5. The van der Waals surface area contributed by atoms with Gasteiger partial charge >= 0.3 is 0 Å². The molecule has 3 N–H and O–H groups in total. The Balaban J connectivity index is 2.38. The molecule has 1 unspecified atom stereocenters. The van der Waals surface area contributed by atoms with E-state index in [1.54, 1.807) is 22.6 Å². The van der Waals surface area contributed by atoms with Crippen molar-refractivity contribution in [1.82, 2.24) is 0 Å². The highest BCUT2D eigenvalue weighted by Crippen LogP contribution is 2.42. The first-order valence-corrected chi connectivity index (χ1v) is 7.07. The van der Waals surface area contributed by atoms with E-state index in [9.17, 15) is 14.5 Å². The number of nitrogens with zero attached hydrogens (tertiary/aromatic N) is 1. The maximum absolute atomic E-state index is 13.6. The van der Waals surface area contributed by atoms with Crippen molar-refractivity contribution in [2.24, 2.45) is 11.7 Å². The Hall–Kier alpha value is -0.960. The first-order valence-electron chi connectivity index (χ1n) is 5.99. The highest BCUT2D eigenvalue weighted by Gasteiger charge is 2.41. The van der Waals surface area contributed by atoms with Gasteiger partial charge < -0.3 is 11.1 Å². The van der Waals surface area contributed by atoms with E-state index < -0.39 is 16.3 Å². The number of nitro benzene ring substituents is 1. The lowest BCUT2D eigenvalue weighted by Crippen LogP contribution is -2.44. The van der Waals surface area contributed by atoms with Gasteiger partial charge in [0.2, 0.25) is 0 Å². The third-order valence-corrected chi connectivity index (χ3v) is 4.38. The van der Waals surface area contributed by atoms with Crippen LogP contribution in [0.5, 0.6) is 0 Å². The minimum atomic E-state index is -0.506. The van der Waals surface area contributed by atoms with E-state index in [-0.39, 0.29) is 14.9 Å². The molecule has 1 aromatic carbocycles. The molecule has 2 rings (SSSR count). The normalized spacial score (nSPS) is 17.9. The van der Waals surface area contributed by atoms with Crippen LogP contribution in [0.1, 0.15) is 19.8 Å². The van der Waals surface area contributed by atoms with Gasteiger partial charge in [-0.25, -0.2) is 4.39 Å². The van der Waals surface area contributed by atoms with Crippen LogP contribution in [0.4, 0.5) is 15.8 Å². The van der Waals surface area contributed by atoms with Crippen LogP contribution < -0.4 is 11.1 Å². The van der Waals surface area contributed by atoms with Gasteiger partial charge in [0.15, 0.2) is 0 Å². The lowest BCUT2D eigenvalue weighted by molar-refractivity contribution is -0.384. The van der Waals surface area contributed by atoms with Crippen LogP contribution in [0.15, 0.2) is 12.1 Å². The minimum absolute atomic E-state index is 0.119. The number of hydrogen-bond acceptors (Lipinski definition) is 4. The molecule has 104 valence electrons. The standard InChI is InChI=1S/C12H15FIN3O2/c1-12(6-15,7-2-3-7)16-10-4-8(13)9(14)5-11(10)17(18)19/h4-5,7,16H,2-3,6,15H2,1H3. The summed E-state index contributed by atoms with van der Waals surface area (Å²) < 4.78 is 13.8. The predicted molar refractivity (Wildman–Crippen MR) is 79.6 cm³/mol.